The van der Waals surface area contributed by atoms with Gasteiger partial charge < -0.3 is 9.47 Å². The SMILES string of the molecule is COC(=O)[C@H]1C=C(C)OC(=O)[C@H]1Cc1ccccc1. The van der Waals surface area contributed by atoms with Gasteiger partial charge in [0, 0.05) is 0 Å². The summed E-state index contributed by atoms with van der Waals surface area (Å²) in [5.41, 5.74) is 0.992. The van der Waals surface area contributed by atoms with Gasteiger partial charge in [-0.1, -0.05) is 30.3 Å². The zero-order chi connectivity index (χ0) is 13.8. The van der Waals surface area contributed by atoms with Crippen LogP contribution in [0.3, 0.4) is 0 Å². The fourth-order valence-corrected chi connectivity index (χ4v) is 2.23. The molecule has 0 saturated heterocycles. The lowest BCUT2D eigenvalue weighted by atomic mass is 9.85. The van der Waals surface area contributed by atoms with Crippen LogP contribution in [0.1, 0.15) is 12.5 Å². The van der Waals surface area contributed by atoms with Gasteiger partial charge >= 0.3 is 11.9 Å². The molecule has 2 rings (SSSR count). The normalized spacial score (nSPS) is 22.4. The first-order valence-corrected chi connectivity index (χ1v) is 6.13. The lowest BCUT2D eigenvalue weighted by Gasteiger charge is -2.26. The van der Waals surface area contributed by atoms with Crippen molar-refractivity contribution in [1.82, 2.24) is 0 Å². The monoisotopic (exact) mass is 260 g/mol. The largest absolute Gasteiger partial charge is 0.469 e. The standard InChI is InChI=1S/C15H16O4/c1-10-8-12(14(16)18-2)13(15(17)19-10)9-11-6-4-3-5-7-11/h3-8,12-13H,9H2,1-2H3/t12-,13-/m0/s1. The van der Waals surface area contributed by atoms with Gasteiger partial charge in [0.15, 0.2) is 0 Å². The lowest BCUT2D eigenvalue weighted by Crippen LogP contribution is -2.35. The molecule has 1 heterocycles. The van der Waals surface area contributed by atoms with Gasteiger partial charge in [-0.15, -0.1) is 0 Å². The van der Waals surface area contributed by atoms with E-state index in [4.69, 9.17) is 9.47 Å². The summed E-state index contributed by atoms with van der Waals surface area (Å²) in [6.07, 6.45) is 2.12. The Morgan fingerprint density at radius 1 is 1.32 bits per heavy atom. The predicted molar refractivity (Wildman–Crippen MR) is 69.0 cm³/mol. The van der Waals surface area contributed by atoms with Gasteiger partial charge in [0.2, 0.25) is 0 Å². The number of methoxy groups -OCH3 is 1. The van der Waals surface area contributed by atoms with Crippen LogP contribution in [0.5, 0.6) is 0 Å². The van der Waals surface area contributed by atoms with Gasteiger partial charge in [-0.2, -0.15) is 0 Å². The molecule has 100 valence electrons. The van der Waals surface area contributed by atoms with Gasteiger partial charge in [0.25, 0.3) is 0 Å². The van der Waals surface area contributed by atoms with E-state index in [1.807, 2.05) is 30.3 Å². The van der Waals surface area contributed by atoms with Gasteiger partial charge in [0.05, 0.1) is 18.9 Å². The molecule has 0 bridgehead atoms. The van der Waals surface area contributed by atoms with E-state index in [-0.39, 0.29) is 5.97 Å². The van der Waals surface area contributed by atoms with Crippen LogP contribution >= 0.6 is 0 Å². The predicted octanol–water partition coefficient (Wildman–Crippen LogP) is 2.10. The summed E-state index contributed by atoms with van der Waals surface area (Å²) in [4.78, 5) is 23.8. The highest BCUT2D eigenvalue weighted by Gasteiger charge is 2.38. The van der Waals surface area contributed by atoms with Crippen molar-refractivity contribution in [3.63, 3.8) is 0 Å². The van der Waals surface area contributed by atoms with Crippen LogP contribution in [-0.2, 0) is 25.5 Å². The van der Waals surface area contributed by atoms with E-state index in [1.54, 1.807) is 13.0 Å². The number of hydrogen-bond acceptors (Lipinski definition) is 4. The van der Waals surface area contributed by atoms with Crippen LogP contribution in [0.25, 0.3) is 0 Å². The third-order valence-electron chi connectivity index (χ3n) is 3.18. The van der Waals surface area contributed by atoms with Crippen LogP contribution in [0.2, 0.25) is 0 Å². The zero-order valence-electron chi connectivity index (χ0n) is 11.0. The number of esters is 2. The second kappa shape index (κ2) is 5.69. The molecule has 0 N–H and O–H groups in total. The summed E-state index contributed by atoms with van der Waals surface area (Å²) in [5, 5.41) is 0. The molecule has 1 aromatic carbocycles. The first-order chi connectivity index (χ1) is 9.11. The molecule has 0 aliphatic carbocycles. The van der Waals surface area contributed by atoms with Crippen molar-refractivity contribution >= 4 is 11.9 Å². The molecule has 2 atom stereocenters. The Bertz CT molecular complexity index is 504. The highest BCUT2D eigenvalue weighted by atomic mass is 16.5. The van der Waals surface area contributed by atoms with E-state index < -0.39 is 17.8 Å². The first kappa shape index (κ1) is 13.3. The van der Waals surface area contributed by atoms with Crippen molar-refractivity contribution in [3.05, 3.63) is 47.7 Å². The molecule has 0 unspecified atom stereocenters. The van der Waals surface area contributed by atoms with Gasteiger partial charge in [-0.05, 0) is 25.0 Å². The van der Waals surface area contributed by atoms with Crippen LogP contribution in [0.4, 0.5) is 0 Å². The molecular weight excluding hydrogens is 244 g/mol. The van der Waals surface area contributed by atoms with Crippen molar-refractivity contribution < 1.29 is 19.1 Å². The summed E-state index contributed by atoms with van der Waals surface area (Å²) >= 11 is 0. The molecule has 0 saturated carbocycles. The van der Waals surface area contributed by atoms with Crippen LogP contribution in [0, 0.1) is 11.8 Å². The number of hydrogen-bond donors (Lipinski definition) is 0. The van der Waals surface area contributed by atoms with E-state index in [9.17, 15) is 9.59 Å². The third kappa shape index (κ3) is 3.02. The second-order valence-electron chi connectivity index (χ2n) is 4.54. The Kier molecular flexibility index (Phi) is 4.00. The number of allylic oxidation sites excluding steroid dienone is 1. The molecule has 0 spiro atoms. The van der Waals surface area contributed by atoms with E-state index >= 15 is 0 Å². The summed E-state index contributed by atoms with van der Waals surface area (Å²) in [6.45, 7) is 1.66. The molecule has 4 nitrogen and oxygen atoms in total. The molecule has 0 aromatic heterocycles. The minimum absolute atomic E-state index is 0.376. The number of ether oxygens (including phenoxy) is 2. The average Bonchev–Trinajstić information content (AvgIpc) is 2.42. The maximum absolute atomic E-state index is 12.0. The molecule has 0 fully saturated rings. The van der Waals surface area contributed by atoms with Gasteiger partial charge in [-0.25, -0.2) is 0 Å². The smallest absolute Gasteiger partial charge is 0.315 e. The maximum atomic E-state index is 12.0. The fraction of sp³-hybridized carbons (Fsp3) is 0.333. The van der Waals surface area contributed by atoms with Crippen LogP contribution in [-0.4, -0.2) is 19.0 Å². The highest BCUT2D eigenvalue weighted by Crippen LogP contribution is 2.28. The zero-order valence-corrected chi connectivity index (χ0v) is 11.0. The average molecular weight is 260 g/mol. The Labute approximate surface area is 112 Å². The first-order valence-electron chi connectivity index (χ1n) is 6.13. The van der Waals surface area contributed by atoms with Crippen LogP contribution < -0.4 is 0 Å². The van der Waals surface area contributed by atoms with Crippen molar-refractivity contribution in [2.45, 2.75) is 13.3 Å². The Hall–Kier alpha value is -2.10. The Morgan fingerprint density at radius 2 is 2.00 bits per heavy atom. The number of cyclic esters (lactones) is 1. The quantitative estimate of drug-likeness (QED) is 0.781. The minimum atomic E-state index is -0.577. The molecular formula is C15H16O4. The van der Waals surface area contributed by atoms with E-state index in [0.717, 1.165) is 5.56 Å². The summed E-state index contributed by atoms with van der Waals surface area (Å²) in [5.74, 6) is -1.44. The number of carbonyl (C=O) groups is 2. The lowest BCUT2D eigenvalue weighted by molar-refractivity contribution is -0.157. The maximum Gasteiger partial charge on any atom is 0.315 e. The summed E-state index contributed by atoms with van der Waals surface area (Å²) < 4.78 is 9.87. The van der Waals surface area contributed by atoms with E-state index in [2.05, 4.69) is 0 Å². The Morgan fingerprint density at radius 3 is 2.63 bits per heavy atom. The Balaban J connectivity index is 2.25. The van der Waals surface area contributed by atoms with Crippen molar-refractivity contribution in [2.75, 3.05) is 7.11 Å². The molecule has 1 aliphatic heterocycles. The second-order valence-corrected chi connectivity index (χ2v) is 4.54. The molecule has 19 heavy (non-hydrogen) atoms. The minimum Gasteiger partial charge on any atom is -0.469 e. The number of carbonyl (C=O) groups excluding carboxylic acids is 2. The van der Waals surface area contributed by atoms with E-state index in [1.165, 1.54) is 7.11 Å². The van der Waals surface area contributed by atoms with Crippen molar-refractivity contribution in [3.8, 4) is 0 Å². The number of benzene rings is 1. The molecule has 0 amide bonds. The van der Waals surface area contributed by atoms with Gasteiger partial charge in [-0.3, -0.25) is 9.59 Å². The summed E-state index contributed by atoms with van der Waals surface area (Å²) in [6, 6.07) is 9.56. The molecule has 1 aromatic rings. The van der Waals surface area contributed by atoms with E-state index in [0.29, 0.717) is 12.2 Å². The van der Waals surface area contributed by atoms with Crippen LogP contribution in [0.15, 0.2) is 42.2 Å². The number of rotatable bonds is 3. The molecule has 1 aliphatic rings. The third-order valence-corrected chi connectivity index (χ3v) is 3.18. The molecule has 4 heteroatoms. The van der Waals surface area contributed by atoms with Crippen molar-refractivity contribution in [1.29, 1.82) is 0 Å². The molecule has 0 radical (unpaired) electrons. The van der Waals surface area contributed by atoms with Crippen molar-refractivity contribution in [2.24, 2.45) is 11.8 Å². The topological polar surface area (TPSA) is 52.6 Å². The fourth-order valence-electron chi connectivity index (χ4n) is 2.23. The highest BCUT2D eigenvalue weighted by molar-refractivity contribution is 5.85. The summed E-state index contributed by atoms with van der Waals surface area (Å²) in [7, 11) is 1.32. The van der Waals surface area contributed by atoms with Gasteiger partial charge in [0.1, 0.15) is 5.76 Å².